The predicted molar refractivity (Wildman–Crippen MR) is 108 cm³/mol. The summed E-state index contributed by atoms with van der Waals surface area (Å²) < 4.78 is 5.29. The normalized spacial score (nSPS) is 13.9. The zero-order valence-corrected chi connectivity index (χ0v) is 17.4. The van der Waals surface area contributed by atoms with Crippen molar-refractivity contribution in [1.82, 2.24) is 10.2 Å². The van der Waals surface area contributed by atoms with Crippen LogP contribution in [0.4, 0.5) is 4.79 Å². The van der Waals surface area contributed by atoms with E-state index in [1.165, 1.54) is 11.3 Å². The molecule has 148 valence electrons. The number of imide groups is 1. The molecule has 0 fully saturated rings. The number of hydrogen-bond acceptors (Lipinski definition) is 5. The molecule has 0 unspecified atom stereocenters. The Bertz CT molecular complexity index is 915. The van der Waals surface area contributed by atoms with E-state index in [1.54, 1.807) is 38.3 Å². The van der Waals surface area contributed by atoms with Crippen molar-refractivity contribution in [2.24, 2.45) is 0 Å². The van der Waals surface area contributed by atoms with Gasteiger partial charge in [0.1, 0.15) is 5.60 Å². The first-order valence-corrected chi connectivity index (χ1v) is 10.1. The number of amides is 3. The fourth-order valence-corrected chi connectivity index (χ4v) is 4.00. The van der Waals surface area contributed by atoms with Crippen LogP contribution in [0.2, 0.25) is 5.02 Å². The molecule has 1 N–H and O–H groups in total. The molecule has 1 aliphatic heterocycles. The Morgan fingerprint density at radius 1 is 1.25 bits per heavy atom. The molecular weight excluding hydrogens is 400 g/mol. The van der Waals surface area contributed by atoms with Gasteiger partial charge >= 0.3 is 6.09 Å². The maximum atomic E-state index is 12.7. The summed E-state index contributed by atoms with van der Waals surface area (Å²) in [5, 5.41) is 5.16. The number of carbonyl (C=O) groups excluding carboxylic acids is 3. The highest BCUT2D eigenvalue weighted by atomic mass is 35.5. The lowest BCUT2D eigenvalue weighted by atomic mass is 10.0. The lowest BCUT2D eigenvalue weighted by molar-refractivity contribution is 0.0236. The van der Waals surface area contributed by atoms with Crippen molar-refractivity contribution in [3.63, 3.8) is 0 Å². The molecule has 0 saturated carbocycles. The summed E-state index contributed by atoms with van der Waals surface area (Å²) in [6.07, 6.45) is -0.238. The molecule has 0 spiro atoms. The van der Waals surface area contributed by atoms with Crippen molar-refractivity contribution >= 4 is 40.8 Å². The van der Waals surface area contributed by atoms with E-state index >= 15 is 0 Å². The third-order valence-electron chi connectivity index (χ3n) is 4.14. The SMILES string of the molecule is CC(C)(C)OC(=O)N1CCc2c(C(=O)NCc3ccc(Cl)cc3)csc2C1=O. The van der Waals surface area contributed by atoms with E-state index in [4.69, 9.17) is 16.3 Å². The monoisotopic (exact) mass is 420 g/mol. The van der Waals surface area contributed by atoms with Crippen molar-refractivity contribution in [2.45, 2.75) is 39.3 Å². The summed E-state index contributed by atoms with van der Waals surface area (Å²) in [6.45, 7) is 5.80. The average Bonchev–Trinajstić information content (AvgIpc) is 3.05. The molecule has 0 aliphatic carbocycles. The first-order chi connectivity index (χ1) is 13.2. The van der Waals surface area contributed by atoms with Crippen LogP contribution in [0.15, 0.2) is 29.6 Å². The van der Waals surface area contributed by atoms with Gasteiger partial charge < -0.3 is 10.1 Å². The van der Waals surface area contributed by atoms with E-state index in [0.29, 0.717) is 34.0 Å². The Morgan fingerprint density at radius 3 is 2.57 bits per heavy atom. The van der Waals surface area contributed by atoms with Gasteiger partial charge in [0, 0.05) is 23.5 Å². The van der Waals surface area contributed by atoms with E-state index in [9.17, 15) is 14.4 Å². The number of rotatable bonds is 3. The number of nitrogens with zero attached hydrogens (tertiary/aromatic N) is 1. The fraction of sp³-hybridized carbons (Fsp3) is 0.350. The summed E-state index contributed by atoms with van der Waals surface area (Å²) in [7, 11) is 0. The largest absolute Gasteiger partial charge is 0.443 e. The topological polar surface area (TPSA) is 75.7 Å². The molecule has 1 aliphatic rings. The van der Waals surface area contributed by atoms with Crippen molar-refractivity contribution in [2.75, 3.05) is 6.54 Å². The van der Waals surface area contributed by atoms with Crippen molar-refractivity contribution in [3.8, 4) is 0 Å². The van der Waals surface area contributed by atoms with E-state index in [1.807, 2.05) is 12.1 Å². The summed E-state index contributed by atoms with van der Waals surface area (Å²) in [4.78, 5) is 39.0. The second-order valence-corrected chi connectivity index (χ2v) is 8.77. The molecule has 0 bridgehead atoms. The molecule has 0 radical (unpaired) electrons. The molecule has 8 heteroatoms. The Morgan fingerprint density at radius 2 is 1.93 bits per heavy atom. The molecule has 1 aromatic carbocycles. The predicted octanol–water partition coefficient (Wildman–Crippen LogP) is 4.26. The van der Waals surface area contributed by atoms with Gasteiger partial charge in [-0.3, -0.25) is 9.59 Å². The number of carbonyl (C=O) groups is 3. The molecule has 1 aromatic heterocycles. The lowest BCUT2D eigenvalue weighted by Gasteiger charge is -2.28. The van der Waals surface area contributed by atoms with E-state index in [-0.39, 0.29) is 12.5 Å². The summed E-state index contributed by atoms with van der Waals surface area (Å²) >= 11 is 7.04. The van der Waals surface area contributed by atoms with Crippen LogP contribution in [0.5, 0.6) is 0 Å². The van der Waals surface area contributed by atoms with Gasteiger partial charge in [-0.15, -0.1) is 11.3 Å². The van der Waals surface area contributed by atoms with Crippen LogP contribution < -0.4 is 5.32 Å². The number of thiophene rings is 1. The van der Waals surface area contributed by atoms with Crippen LogP contribution >= 0.6 is 22.9 Å². The number of nitrogens with one attached hydrogen (secondary N) is 1. The lowest BCUT2D eigenvalue weighted by Crippen LogP contribution is -2.44. The highest BCUT2D eigenvalue weighted by Gasteiger charge is 2.35. The number of hydrogen-bond donors (Lipinski definition) is 1. The molecule has 2 aromatic rings. The Hall–Kier alpha value is -2.38. The van der Waals surface area contributed by atoms with Crippen LogP contribution in [-0.4, -0.2) is 35.0 Å². The molecule has 28 heavy (non-hydrogen) atoms. The van der Waals surface area contributed by atoms with E-state index in [2.05, 4.69) is 5.32 Å². The van der Waals surface area contributed by atoms with Gasteiger partial charge in [-0.1, -0.05) is 23.7 Å². The Kier molecular flexibility index (Phi) is 5.76. The minimum absolute atomic E-state index is 0.189. The Balaban J connectivity index is 1.70. The minimum atomic E-state index is -0.681. The standard InChI is InChI=1S/C20H21ClN2O4S/c1-20(2,3)27-19(26)23-9-8-14-15(11-28-16(14)18(23)25)17(24)22-10-12-4-6-13(21)7-5-12/h4-7,11H,8-10H2,1-3H3,(H,22,24). The molecule has 0 saturated heterocycles. The third-order valence-corrected chi connectivity index (χ3v) is 5.41. The van der Waals surface area contributed by atoms with Gasteiger partial charge in [-0.05, 0) is 50.5 Å². The maximum absolute atomic E-state index is 12.7. The first-order valence-electron chi connectivity index (χ1n) is 8.83. The van der Waals surface area contributed by atoms with Crippen molar-refractivity contribution in [3.05, 3.63) is 56.2 Å². The third kappa shape index (κ3) is 4.54. The zero-order chi connectivity index (χ0) is 20.5. The zero-order valence-electron chi connectivity index (χ0n) is 15.9. The number of benzene rings is 1. The van der Waals surface area contributed by atoms with E-state index < -0.39 is 17.6 Å². The quantitative estimate of drug-likeness (QED) is 0.804. The van der Waals surface area contributed by atoms with Gasteiger partial charge in [0.2, 0.25) is 0 Å². The smallest absolute Gasteiger partial charge is 0.417 e. The minimum Gasteiger partial charge on any atom is -0.443 e. The average molecular weight is 421 g/mol. The summed E-state index contributed by atoms with van der Waals surface area (Å²) in [5.41, 5.74) is 1.41. The second kappa shape index (κ2) is 7.93. The van der Waals surface area contributed by atoms with Crippen LogP contribution in [0.1, 0.15) is 51.9 Å². The highest BCUT2D eigenvalue weighted by Crippen LogP contribution is 2.29. The van der Waals surface area contributed by atoms with Gasteiger partial charge in [-0.25, -0.2) is 9.69 Å². The van der Waals surface area contributed by atoms with Crippen LogP contribution in [-0.2, 0) is 17.7 Å². The van der Waals surface area contributed by atoms with Gasteiger partial charge in [0.15, 0.2) is 0 Å². The van der Waals surface area contributed by atoms with E-state index in [0.717, 1.165) is 10.5 Å². The highest BCUT2D eigenvalue weighted by molar-refractivity contribution is 7.12. The second-order valence-electron chi connectivity index (χ2n) is 7.45. The van der Waals surface area contributed by atoms with Crippen molar-refractivity contribution < 1.29 is 19.1 Å². The van der Waals surface area contributed by atoms with Crippen LogP contribution in [0, 0.1) is 0 Å². The van der Waals surface area contributed by atoms with Crippen LogP contribution in [0.3, 0.4) is 0 Å². The first kappa shape index (κ1) is 20.4. The molecule has 3 rings (SSSR count). The molecule has 2 heterocycles. The molecule has 0 atom stereocenters. The van der Waals surface area contributed by atoms with Gasteiger partial charge in [0.25, 0.3) is 11.8 Å². The molecular formula is C20H21ClN2O4S. The van der Waals surface area contributed by atoms with Gasteiger partial charge in [-0.2, -0.15) is 0 Å². The molecule has 6 nitrogen and oxygen atoms in total. The van der Waals surface area contributed by atoms with Crippen LogP contribution in [0.25, 0.3) is 0 Å². The number of fused-ring (bicyclic) bond motifs is 1. The fourth-order valence-electron chi connectivity index (χ4n) is 2.82. The molecule has 3 amide bonds. The Labute approximate surface area is 172 Å². The summed E-state index contributed by atoms with van der Waals surface area (Å²) in [5.74, 6) is -0.664. The summed E-state index contributed by atoms with van der Waals surface area (Å²) in [6, 6.07) is 7.21. The number of halogens is 1. The van der Waals surface area contributed by atoms with Crippen molar-refractivity contribution in [1.29, 1.82) is 0 Å². The maximum Gasteiger partial charge on any atom is 0.417 e. The van der Waals surface area contributed by atoms with Gasteiger partial charge in [0.05, 0.1) is 10.4 Å². The number of ether oxygens (including phenoxy) is 1.